The maximum Gasteiger partial charge on any atom is 0.179 e. The highest BCUT2D eigenvalue weighted by Crippen LogP contribution is 2.24. The lowest BCUT2D eigenvalue weighted by molar-refractivity contribution is 0.546. The summed E-state index contributed by atoms with van der Waals surface area (Å²) in [6.45, 7) is 7.41. The molecule has 160 valence electrons. The van der Waals surface area contributed by atoms with Crippen LogP contribution in [0.15, 0.2) is 48.5 Å². The van der Waals surface area contributed by atoms with Gasteiger partial charge in [-0.05, 0) is 51.9 Å². The van der Waals surface area contributed by atoms with Crippen LogP contribution in [-0.2, 0) is 19.4 Å². The Balaban J connectivity index is 1.52. The molecule has 0 unspecified atom stereocenters. The normalized spacial score (nSPS) is 11.4. The van der Waals surface area contributed by atoms with E-state index >= 15 is 0 Å². The SMILES string of the molecule is CCCc1nc(CCC(C)C)n(Cc2ccc(-c3cccc(-c4nnn[nH]4)c3)cc2)n1. The van der Waals surface area contributed by atoms with Crippen LogP contribution < -0.4 is 0 Å². The fourth-order valence-electron chi connectivity index (χ4n) is 3.59. The molecular formula is C24H29N7. The standard InChI is InChI=1S/C24H29N7/c1-4-6-22-25-23(14-9-17(2)3)31(28-22)16-18-10-12-19(13-11-18)20-7-5-8-21(15-20)24-26-29-30-27-24/h5,7-8,10-13,15,17H,4,6,9,14,16H2,1-3H3,(H,26,27,29,30). The van der Waals surface area contributed by atoms with E-state index in [1.807, 2.05) is 12.1 Å². The number of rotatable bonds is 9. The van der Waals surface area contributed by atoms with E-state index < -0.39 is 0 Å². The summed E-state index contributed by atoms with van der Waals surface area (Å²) < 4.78 is 2.08. The summed E-state index contributed by atoms with van der Waals surface area (Å²) in [5.74, 6) is 3.37. The Kier molecular flexibility index (Phi) is 6.50. The van der Waals surface area contributed by atoms with Crippen molar-refractivity contribution in [2.75, 3.05) is 0 Å². The Labute approximate surface area is 182 Å². The molecule has 2 heterocycles. The largest absolute Gasteiger partial charge is 0.245 e. The van der Waals surface area contributed by atoms with E-state index in [4.69, 9.17) is 10.1 Å². The predicted molar refractivity (Wildman–Crippen MR) is 121 cm³/mol. The average Bonchev–Trinajstić information content (AvgIpc) is 3.44. The van der Waals surface area contributed by atoms with Crippen molar-refractivity contribution < 1.29 is 0 Å². The van der Waals surface area contributed by atoms with Gasteiger partial charge in [0.25, 0.3) is 0 Å². The van der Waals surface area contributed by atoms with Crippen LogP contribution in [0.4, 0.5) is 0 Å². The number of aromatic amines is 1. The fourth-order valence-corrected chi connectivity index (χ4v) is 3.59. The van der Waals surface area contributed by atoms with Crippen LogP contribution in [-0.4, -0.2) is 35.4 Å². The zero-order chi connectivity index (χ0) is 21.6. The second kappa shape index (κ2) is 9.64. The number of hydrogen-bond donors (Lipinski definition) is 1. The molecule has 0 saturated carbocycles. The van der Waals surface area contributed by atoms with Gasteiger partial charge in [0.2, 0.25) is 0 Å². The lowest BCUT2D eigenvalue weighted by Crippen LogP contribution is -2.08. The molecule has 4 rings (SSSR count). The summed E-state index contributed by atoms with van der Waals surface area (Å²) in [7, 11) is 0. The molecular weight excluding hydrogens is 386 g/mol. The summed E-state index contributed by atoms with van der Waals surface area (Å²) in [6.07, 6.45) is 4.08. The summed E-state index contributed by atoms with van der Waals surface area (Å²) in [5.41, 5.74) is 4.47. The van der Waals surface area contributed by atoms with Crippen molar-refractivity contribution in [1.29, 1.82) is 0 Å². The molecule has 0 radical (unpaired) electrons. The van der Waals surface area contributed by atoms with Crippen LogP contribution in [0.3, 0.4) is 0 Å². The minimum atomic E-state index is 0.655. The van der Waals surface area contributed by atoms with Crippen LogP contribution >= 0.6 is 0 Å². The van der Waals surface area contributed by atoms with E-state index in [1.165, 1.54) is 5.56 Å². The van der Waals surface area contributed by atoms with Gasteiger partial charge in [0, 0.05) is 18.4 Å². The van der Waals surface area contributed by atoms with Gasteiger partial charge in [-0.2, -0.15) is 5.10 Å². The zero-order valence-corrected chi connectivity index (χ0v) is 18.4. The van der Waals surface area contributed by atoms with E-state index in [0.29, 0.717) is 11.7 Å². The van der Waals surface area contributed by atoms with Gasteiger partial charge in [0.15, 0.2) is 11.6 Å². The number of aryl methyl sites for hydroxylation is 2. The van der Waals surface area contributed by atoms with Crippen LogP contribution in [0.25, 0.3) is 22.5 Å². The summed E-state index contributed by atoms with van der Waals surface area (Å²) in [4.78, 5) is 4.80. The van der Waals surface area contributed by atoms with Crippen LogP contribution in [0.1, 0.15) is 50.8 Å². The van der Waals surface area contributed by atoms with Gasteiger partial charge < -0.3 is 0 Å². The molecule has 0 fully saturated rings. The fraction of sp³-hybridized carbons (Fsp3) is 0.375. The number of tetrazole rings is 1. The van der Waals surface area contributed by atoms with Gasteiger partial charge in [-0.1, -0.05) is 63.2 Å². The summed E-state index contributed by atoms with van der Waals surface area (Å²) in [5, 5.41) is 18.9. The molecule has 4 aromatic rings. The lowest BCUT2D eigenvalue weighted by Gasteiger charge is -2.09. The minimum Gasteiger partial charge on any atom is -0.245 e. The molecule has 7 nitrogen and oxygen atoms in total. The molecule has 0 bridgehead atoms. The number of benzene rings is 2. The van der Waals surface area contributed by atoms with Crippen molar-refractivity contribution in [3.8, 4) is 22.5 Å². The molecule has 2 aromatic carbocycles. The monoisotopic (exact) mass is 415 g/mol. The van der Waals surface area contributed by atoms with Gasteiger partial charge in [-0.15, -0.1) is 5.10 Å². The average molecular weight is 416 g/mol. The number of H-pyrrole nitrogens is 1. The molecule has 31 heavy (non-hydrogen) atoms. The second-order valence-corrected chi connectivity index (χ2v) is 8.31. The van der Waals surface area contributed by atoms with Crippen molar-refractivity contribution in [3.05, 3.63) is 65.7 Å². The van der Waals surface area contributed by atoms with Gasteiger partial charge in [0.1, 0.15) is 5.82 Å². The molecule has 0 saturated heterocycles. The first-order valence-electron chi connectivity index (χ1n) is 11.0. The summed E-state index contributed by atoms with van der Waals surface area (Å²) >= 11 is 0. The quantitative estimate of drug-likeness (QED) is 0.428. The van der Waals surface area contributed by atoms with Gasteiger partial charge in [0.05, 0.1) is 6.54 Å². The first-order valence-corrected chi connectivity index (χ1v) is 11.0. The Morgan fingerprint density at radius 1 is 0.968 bits per heavy atom. The zero-order valence-electron chi connectivity index (χ0n) is 18.4. The van der Waals surface area contributed by atoms with E-state index in [2.05, 4.69) is 82.5 Å². The Hall–Kier alpha value is -3.35. The third-order valence-corrected chi connectivity index (χ3v) is 5.31. The highest BCUT2D eigenvalue weighted by atomic mass is 15.5. The Morgan fingerprint density at radius 3 is 2.48 bits per heavy atom. The highest BCUT2D eigenvalue weighted by Gasteiger charge is 2.11. The molecule has 0 aliphatic heterocycles. The third-order valence-electron chi connectivity index (χ3n) is 5.31. The maximum atomic E-state index is 4.80. The number of nitrogens with one attached hydrogen (secondary N) is 1. The predicted octanol–water partition coefficient (Wildman–Crippen LogP) is 4.71. The van der Waals surface area contributed by atoms with Crippen molar-refractivity contribution in [3.63, 3.8) is 0 Å². The van der Waals surface area contributed by atoms with Crippen molar-refractivity contribution in [1.82, 2.24) is 35.4 Å². The van der Waals surface area contributed by atoms with Crippen molar-refractivity contribution in [2.24, 2.45) is 5.92 Å². The molecule has 1 N–H and O–H groups in total. The minimum absolute atomic E-state index is 0.655. The van der Waals surface area contributed by atoms with Crippen LogP contribution in [0, 0.1) is 5.92 Å². The van der Waals surface area contributed by atoms with Crippen LogP contribution in [0.5, 0.6) is 0 Å². The maximum absolute atomic E-state index is 4.80. The molecule has 7 heteroatoms. The Bertz CT molecular complexity index is 1100. The molecule has 0 aliphatic rings. The van der Waals surface area contributed by atoms with E-state index in [9.17, 15) is 0 Å². The smallest absolute Gasteiger partial charge is 0.179 e. The molecule has 2 aromatic heterocycles. The van der Waals surface area contributed by atoms with Crippen molar-refractivity contribution in [2.45, 2.75) is 53.0 Å². The number of hydrogen-bond acceptors (Lipinski definition) is 5. The molecule has 0 amide bonds. The second-order valence-electron chi connectivity index (χ2n) is 8.31. The third kappa shape index (κ3) is 5.23. The number of nitrogens with zero attached hydrogens (tertiary/aromatic N) is 6. The van der Waals surface area contributed by atoms with E-state index in [-0.39, 0.29) is 0 Å². The van der Waals surface area contributed by atoms with E-state index in [1.54, 1.807) is 0 Å². The summed E-state index contributed by atoms with van der Waals surface area (Å²) in [6, 6.07) is 16.9. The molecule has 0 aliphatic carbocycles. The van der Waals surface area contributed by atoms with E-state index in [0.717, 1.165) is 60.6 Å². The molecule has 0 atom stereocenters. The number of aromatic nitrogens is 7. The molecule has 0 spiro atoms. The topological polar surface area (TPSA) is 85.2 Å². The van der Waals surface area contributed by atoms with Crippen molar-refractivity contribution >= 4 is 0 Å². The first kappa shape index (κ1) is 20.9. The highest BCUT2D eigenvalue weighted by molar-refractivity contribution is 5.70. The van der Waals surface area contributed by atoms with Gasteiger partial charge in [-0.3, -0.25) is 0 Å². The lowest BCUT2D eigenvalue weighted by atomic mass is 10.0. The van der Waals surface area contributed by atoms with Crippen LogP contribution in [0.2, 0.25) is 0 Å². The van der Waals surface area contributed by atoms with Gasteiger partial charge >= 0.3 is 0 Å². The Morgan fingerprint density at radius 2 is 1.77 bits per heavy atom. The van der Waals surface area contributed by atoms with Gasteiger partial charge in [-0.25, -0.2) is 14.8 Å². The first-order chi connectivity index (χ1) is 15.1.